The number of allylic oxidation sites excluding steroid dienone is 18. The Labute approximate surface area is 327 Å². The molecule has 0 aromatic carbocycles. The highest BCUT2D eigenvalue weighted by Crippen LogP contribution is 2.13. The molecular weight excluding hydrogens is 653 g/mol. The van der Waals surface area contributed by atoms with E-state index in [1.807, 2.05) is 0 Å². The zero-order valence-corrected chi connectivity index (χ0v) is 34.2. The minimum atomic E-state index is -0.567. The summed E-state index contributed by atoms with van der Waals surface area (Å²) in [5.74, 6) is -0.226. The Hall–Kier alpha value is -2.95. The lowest BCUT2D eigenvalue weighted by molar-refractivity contribution is -0.154. The molecule has 300 valence electrons. The molecule has 0 radical (unpaired) electrons. The van der Waals surface area contributed by atoms with E-state index in [4.69, 9.17) is 9.47 Å². The Morgan fingerprint density at radius 1 is 0.453 bits per heavy atom. The van der Waals surface area contributed by atoms with Crippen LogP contribution in [0.4, 0.5) is 0 Å². The van der Waals surface area contributed by atoms with Crippen LogP contribution in [0.25, 0.3) is 0 Å². The van der Waals surface area contributed by atoms with Gasteiger partial charge in [0.1, 0.15) is 6.10 Å². The van der Waals surface area contributed by atoms with Crippen LogP contribution in [-0.4, -0.2) is 37.0 Å². The van der Waals surface area contributed by atoms with Gasteiger partial charge in [-0.05, 0) is 96.3 Å². The fourth-order valence-electron chi connectivity index (χ4n) is 5.46. The highest BCUT2D eigenvalue weighted by atomic mass is 16.6. The molecule has 0 heterocycles. The van der Waals surface area contributed by atoms with Gasteiger partial charge < -0.3 is 14.6 Å². The number of hydrogen-bond acceptors (Lipinski definition) is 4. The van der Waals surface area contributed by atoms with E-state index in [0.29, 0.717) is 13.0 Å². The number of hydrogen-bond donors (Lipinski definition) is 1. The lowest BCUT2D eigenvalue weighted by atomic mass is 10.0. The maximum absolute atomic E-state index is 12.2. The molecule has 1 atom stereocenters. The second kappa shape index (κ2) is 45.2. The van der Waals surface area contributed by atoms with Crippen molar-refractivity contribution in [2.24, 2.45) is 0 Å². The molecule has 4 heteroatoms. The van der Waals surface area contributed by atoms with Crippen molar-refractivity contribution in [2.45, 2.75) is 174 Å². The quantitative estimate of drug-likeness (QED) is 0.0390. The van der Waals surface area contributed by atoms with E-state index in [2.05, 4.69) is 123 Å². The van der Waals surface area contributed by atoms with Gasteiger partial charge >= 0.3 is 5.97 Å². The average Bonchev–Trinajstić information content (AvgIpc) is 3.16. The second-order valence-electron chi connectivity index (χ2n) is 13.6. The van der Waals surface area contributed by atoms with Crippen molar-refractivity contribution in [1.29, 1.82) is 0 Å². The summed E-state index contributed by atoms with van der Waals surface area (Å²) in [5.41, 5.74) is 0. The molecule has 0 aliphatic rings. The molecule has 1 N–H and O–H groups in total. The van der Waals surface area contributed by atoms with Crippen LogP contribution in [0.1, 0.15) is 168 Å². The van der Waals surface area contributed by atoms with Gasteiger partial charge in [0.05, 0.1) is 13.2 Å². The fraction of sp³-hybridized carbons (Fsp3) is 0.612. The van der Waals surface area contributed by atoms with Crippen LogP contribution in [0.5, 0.6) is 0 Å². The van der Waals surface area contributed by atoms with Crippen LogP contribution < -0.4 is 0 Å². The summed E-state index contributed by atoms with van der Waals surface area (Å²) in [4.78, 5) is 12.2. The van der Waals surface area contributed by atoms with E-state index in [-0.39, 0.29) is 19.2 Å². The van der Waals surface area contributed by atoms with Gasteiger partial charge in [0.25, 0.3) is 0 Å². The number of aliphatic hydroxyl groups excluding tert-OH is 1. The summed E-state index contributed by atoms with van der Waals surface area (Å²) in [7, 11) is 0. The average molecular weight is 733 g/mol. The molecule has 0 spiro atoms. The topological polar surface area (TPSA) is 55.8 Å². The van der Waals surface area contributed by atoms with Crippen molar-refractivity contribution in [3.63, 3.8) is 0 Å². The van der Waals surface area contributed by atoms with Crippen molar-refractivity contribution in [3.05, 3.63) is 109 Å². The number of carbonyl (C=O) groups excluding carboxylic acids is 1. The normalized spacial score (nSPS) is 13.5. The van der Waals surface area contributed by atoms with Crippen LogP contribution >= 0.6 is 0 Å². The van der Waals surface area contributed by atoms with Gasteiger partial charge in [-0.3, -0.25) is 4.79 Å². The molecule has 4 nitrogen and oxygen atoms in total. The molecule has 53 heavy (non-hydrogen) atoms. The van der Waals surface area contributed by atoms with Crippen molar-refractivity contribution in [1.82, 2.24) is 0 Å². The van der Waals surface area contributed by atoms with Gasteiger partial charge in [0.2, 0.25) is 0 Å². The first kappa shape index (κ1) is 50.1. The maximum Gasteiger partial charge on any atom is 0.306 e. The van der Waals surface area contributed by atoms with Gasteiger partial charge in [-0.25, -0.2) is 0 Å². The monoisotopic (exact) mass is 733 g/mol. The molecule has 0 amide bonds. The lowest BCUT2D eigenvalue weighted by Gasteiger charge is -2.15. The number of carbonyl (C=O) groups is 1. The molecule has 0 bridgehead atoms. The van der Waals surface area contributed by atoms with Crippen LogP contribution in [-0.2, 0) is 14.3 Å². The summed E-state index contributed by atoms with van der Waals surface area (Å²) < 4.78 is 11.1. The highest BCUT2D eigenvalue weighted by molar-refractivity contribution is 5.69. The molecule has 0 rings (SSSR count). The van der Waals surface area contributed by atoms with Gasteiger partial charge in [0.15, 0.2) is 0 Å². The summed E-state index contributed by atoms with van der Waals surface area (Å²) in [6.45, 7) is 5.00. The van der Waals surface area contributed by atoms with E-state index in [1.165, 1.54) is 57.8 Å². The Balaban J connectivity index is 3.55. The SMILES string of the molecule is CC/C=C\C/C=C\C/C=C\C/C=C\C/C=C\CCCCOCC(CO)OC(=O)CCCCCCCCCCCC/C=C\C/C=C\C/C=C\C/C=C\CC. The van der Waals surface area contributed by atoms with Crippen LogP contribution in [0.15, 0.2) is 109 Å². The van der Waals surface area contributed by atoms with Crippen LogP contribution in [0, 0.1) is 0 Å². The standard InChI is InChI=1S/C49H80O4/c1-3-5-7-9-11-13-15-17-19-21-23-24-25-26-27-28-30-32-34-36-38-40-42-44-49(51)53-48(46-50)47-52-45-43-41-39-37-35-33-31-29-22-20-18-16-14-12-10-8-6-4-2/h5-8,11-14,17-20,23-24,29,31,35,37,48,50H,3-4,9-10,15-16,21-22,25-28,30,32-34,36,38-47H2,1-2H3/b7-5-,8-6-,13-11-,14-12-,19-17-,20-18-,24-23-,31-29-,37-35-. The molecule has 0 fully saturated rings. The van der Waals surface area contributed by atoms with Crippen LogP contribution in [0.3, 0.4) is 0 Å². The molecule has 0 aromatic heterocycles. The molecule has 0 aliphatic heterocycles. The molecule has 1 unspecified atom stereocenters. The lowest BCUT2D eigenvalue weighted by Crippen LogP contribution is -2.27. The Bertz CT molecular complexity index is 1040. The van der Waals surface area contributed by atoms with E-state index in [1.54, 1.807) is 0 Å². The van der Waals surface area contributed by atoms with E-state index in [0.717, 1.165) is 89.9 Å². The zero-order chi connectivity index (χ0) is 38.4. The molecular formula is C49H80O4. The van der Waals surface area contributed by atoms with Gasteiger partial charge in [-0.1, -0.05) is 175 Å². The third-order valence-corrected chi connectivity index (χ3v) is 8.59. The number of ether oxygens (including phenoxy) is 2. The molecule has 0 aromatic rings. The highest BCUT2D eigenvalue weighted by Gasteiger charge is 2.13. The summed E-state index contributed by atoms with van der Waals surface area (Å²) in [6, 6.07) is 0. The Kier molecular flexibility index (Phi) is 42.7. The molecule has 0 aliphatic carbocycles. The maximum atomic E-state index is 12.2. The van der Waals surface area contributed by atoms with Crippen molar-refractivity contribution < 1.29 is 19.4 Å². The number of unbranched alkanes of at least 4 members (excludes halogenated alkanes) is 12. The third kappa shape index (κ3) is 43.3. The Morgan fingerprint density at radius 3 is 1.19 bits per heavy atom. The molecule has 0 saturated carbocycles. The van der Waals surface area contributed by atoms with Gasteiger partial charge in [-0.15, -0.1) is 0 Å². The van der Waals surface area contributed by atoms with Crippen LogP contribution in [0.2, 0.25) is 0 Å². The number of esters is 1. The number of rotatable bonds is 38. The van der Waals surface area contributed by atoms with Crippen molar-refractivity contribution in [2.75, 3.05) is 19.8 Å². The largest absolute Gasteiger partial charge is 0.457 e. The fourth-order valence-corrected chi connectivity index (χ4v) is 5.46. The van der Waals surface area contributed by atoms with E-state index < -0.39 is 6.10 Å². The minimum Gasteiger partial charge on any atom is -0.457 e. The number of aliphatic hydroxyl groups is 1. The van der Waals surface area contributed by atoms with E-state index in [9.17, 15) is 9.90 Å². The minimum absolute atomic E-state index is 0.198. The summed E-state index contributed by atoms with van der Waals surface area (Å²) in [6.07, 6.45) is 65.8. The first-order chi connectivity index (χ1) is 26.2. The molecule has 0 saturated heterocycles. The summed E-state index contributed by atoms with van der Waals surface area (Å²) in [5, 5.41) is 9.60. The third-order valence-electron chi connectivity index (χ3n) is 8.59. The van der Waals surface area contributed by atoms with Gasteiger partial charge in [0, 0.05) is 13.0 Å². The second-order valence-corrected chi connectivity index (χ2v) is 13.6. The predicted octanol–water partition coefficient (Wildman–Crippen LogP) is 14.3. The Morgan fingerprint density at radius 2 is 0.792 bits per heavy atom. The predicted molar refractivity (Wildman–Crippen MR) is 232 cm³/mol. The van der Waals surface area contributed by atoms with Crippen molar-refractivity contribution >= 4 is 5.97 Å². The zero-order valence-electron chi connectivity index (χ0n) is 34.2. The first-order valence-electron chi connectivity index (χ1n) is 21.5. The van der Waals surface area contributed by atoms with Gasteiger partial charge in [-0.2, -0.15) is 0 Å². The smallest absolute Gasteiger partial charge is 0.306 e. The van der Waals surface area contributed by atoms with E-state index >= 15 is 0 Å². The first-order valence-corrected chi connectivity index (χ1v) is 21.5. The van der Waals surface area contributed by atoms with Crippen molar-refractivity contribution in [3.8, 4) is 0 Å². The summed E-state index contributed by atoms with van der Waals surface area (Å²) >= 11 is 0.